The lowest BCUT2D eigenvalue weighted by molar-refractivity contribution is -0.121. The van der Waals surface area contributed by atoms with Crippen LogP contribution in [0, 0.1) is 5.92 Å². The Kier molecular flexibility index (Phi) is 5.37. The molecule has 1 N–H and O–H groups in total. The summed E-state index contributed by atoms with van der Waals surface area (Å²) in [4.78, 5) is 31.0. The lowest BCUT2D eigenvalue weighted by Crippen LogP contribution is -2.47. The van der Waals surface area contributed by atoms with Crippen molar-refractivity contribution in [3.63, 3.8) is 0 Å². The number of nitrogens with zero attached hydrogens (tertiary/aromatic N) is 2. The minimum absolute atomic E-state index is 0.0437. The highest BCUT2D eigenvalue weighted by Crippen LogP contribution is 2.23. The number of likely N-dealkylation sites (tertiary alicyclic amines) is 1. The maximum absolute atomic E-state index is 12.5. The number of carbonyl (C=O) groups is 2. The van der Waals surface area contributed by atoms with Gasteiger partial charge in [0.05, 0.1) is 6.04 Å². The molecule has 0 radical (unpaired) electrons. The van der Waals surface area contributed by atoms with Gasteiger partial charge in [0.25, 0.3) is 0 Å². The van der Waals surface area contributed by atoms with E-state index in [1.165, 1.54) is 11.3 Å². The number of aromatic nitrogens is 1. The van der Waals surface area contributed by atoms with Crippen molar-refractivity contribution in [1.82, 2.24) is 9.88 Å². The van der Waals surface area contributed by atoms with Crippen molar-refractivity contribution < 1.29 is 9.59 Å². The molecule has 0 bridgehead atoms. The fourth-order valence-electron chi connectivity index (χ4n) is 3.05. The van der Waals surface area contributed by atoms with E-state index in [2.05, 4.69) is 15.2 Å². The molecular formula is C18H21N3O2S. The number of rotatable bonds is 5. The van der Waals surface area contributed by atoms with Crippen molar-refractivity contribution in [1.29, 1.82) is 0 Å². The standard InChI is InChI=1S/C18H21N3O2S/c1-13(17(23)20-18-19-9-12-24-18)21-10-7-15(8-11-21)16(22)14-5-3-2-4-6-14/h2-6,9,12-13,15H,7-8,10-11H2,1H3,(H,19,20,23). The van der Waals surface area contributed by atoms with Crippen LogP contribution >= 0.6 is 11.3 Å². The van der Waals surface area contributed by atoms with Crippen LogP contribution in [0.4, 0.5) is 5.13 Å². The van der Waals surface area contributed by atoms with Crippen LogP contribution in [0.15, 0.2) is 41.9 Å². The Morgan fingerprint density at radius 2 is 1.96 bits per heavy atom. The third kappa shape index (κ3) is 3.88. The van der Waals surface area contributed by atoms with Gasteiger partial charge in [-0.15, -0.1) is 11.3 Å². The Morgan fingerprint density at radius 3 is 2.58 bits per heavy atom. The van der Waals surface area contributed by atoms with Crippen LogP contribution in [0.5, 0.6) is 0 Å². The number of anilines is 1. The summed E-state index contributed by atoms with van der Waals surface area (Å²) in [6.45, 7) is 3.42. The molecule has 24 heavy (non-hydrogen) atoms. The van der Waals surface area contributed by atoms with Gasteiger partial charge in [-0.2, -0.15) is 0 Å². The van der Waals surface area contributed by atoms with Gasteiger partial charge in [0, 0.05) is 23.1 Å². The van der Waals surface area contributed by atoms with Crippen molar-refractivity contribution >= 4 is 28.2 Å². The molecular weight excluding hydrogens is 322 g/mol. The van der Waals surface area contributed by atoms with E-state index in [9.17, 15) is 9.59 Å². The number of thiazole rings is 1. The molecule has 1 saturated heterocycles. The normalized spacial score (nSPS) is 17.4. The molecule has 6 heteroatoms. The van der Waals surface area contributed by atoms with Gasteiger partial charge in [-0.05, 0) is 32.9 Å². The first-order valence-electron chi connectivity index (χ1n) is 8.19. The van der Waals surface area contributed by atoms with Crippen LogP contribution < -0.4 is 5.32 Å². The van der Waals surface area contributed by atoms with Gasteiger partial charge in [-0.3, -0.25) is 14.5 Å². The molecule has 0 spiro atoms. The maximum Gasteiger partial charge on any atom is 0.243 e. The number of piperidine rings is 1. The highest BCUT2D eigenvalue weighted by molar-refractivity contribution is 7.13. The average molecular weight is 343 g/mol. The second-order valence-electron chi connectivity index (χ2n) is 6.04. The number of amides is 1. The van der Waals surface area contributed by atoms with E-state index in [1.54, 1.807) is 6.20 Å². The van der Waals surface area contributed by atoms with Crippen molar-refractivity contribution in [2.24, 2.45) is 5.92 Å². The van der Waals surface area contributed by atoms with Crippen molar-refractivity contribution in [3.05, 3.63) is 47.5 Å². The van der Waals surface area contributed by atoms with E-state index < -0.39 is 0 Å². The molecule has 126 valence electrons. The van der Waals surface area contributed by atoms with Gasteiger partial charge < -0.3 is 5.32 Å². The third-order valence-electron chi connectivity index (χ3n) is 4.55. The zero-order valence-corrected chi connectivity index (χ0v) is 14.5. The van der Waals surface area contributed by atoms with Gasteiger partial charge in [0.2, 0.25) is 5.91 Å². The number of hydrogen-bond donors (Lipinski definition) is 1. The van der Waals surface area contributed by atoms with Crippen molar-refractivity contribution in [2.75, 3.05) is 18.4 Å². The molecule has 1 aliphatic rings. The predicted octanol–water partition coefficient (Wildman–Crippen LogP) is 3.07. The van der Waals surface area contributed by atoms with Crippen molar-refractivity contribution in [3.8, 4) is 0 Å². The first-order valence-corrected chi connectivity index (χ1v) is 9.07. The van der Waals surface area contributed by atoms with Crippen LogP contribution in [0.25, 0.3) is 0 Å². The molecule has 5 nitrogen and oxygen atoms in total. The summed E-state index contributed by atoms with van der Waals surface area (Å²) < 4.78 is 0. The van der Waals surface area contributed by atoms with Crippen LogP contribution in [0.2, 0.25) is 0 Å². The second kappa shape index (κ2) is 7.68. The predicted molar refractivity (Wildman–Crippen MR) is 95.3 cm³/mol. The molecule has 3 rings (SSSR count). The maximum atomic E-state index is 12.5. The smallest absolute Gasteiger partial charge is 0.243 e. The lowest BCUT2D eigenvalue weighted by atomic mass is 9.88. The molecule has 0 aliphatic carbocycles. The van der Waals surface area contributed by atoms with Gasteiger partial charge >= 0.3 is 0 Å². The lowest BCUT2D eigenvalue weighted by Gasteiger charge is -2.34. The minimum atomic E-state index is -0.221. The molecule has 0 saturated carbocycles. The van der Waals surface area contributed by atoms with Crippen molar-refractivity contribution in [2.45, 2.75) is 25.8 Å². The van der Waals surface area contributed by atoms with Crippen LogP contribution in [-0.2, 0) is 4.79 Å². The molecule has 1 aromatic carbocycles. The fraction of sp³-hybridized carbons (Fsp3) is 0.389. The second-order valence-corrected chi connectivity index (χ2v) is 6.94. The molecule has 1 fully saturated rings. The topological polar surface area (TPSA) is 62.3 Å². The number of carbonyl (C=O) groups excluding carboxylic acids is 2. The highest BCUT2D eigenvalue weighted by Gasteiger charge is 2.30. The Balaban J connectivity index is 1.53. The summed E-state index contributed by atoms with van der Waals surface area (Å²) in [5.74, 6) is 0.228. The first-order chi connectivity index (χ1) is 11.6. The quantitative estimate of drug-likeness (QED) is 0.848. The van der Waals surface area contributed by atoms with Gasteiger partial charge in [0.15, 0.2) is 10.9 Å². The highest BCUT2D eigenvalue weighted by atomic mass is 32.1. The molecule has 1 aromatic heterocycles. The average Bonchev–Trinajstić information content (AvgIpc) is 3.14. The van der Waals surface area contributed by atoms with Crippen LogP contribution in [-0.4, -0.2) is 40.7 Å². The Morgan fingerprint density at radius 1 is 1.25 bits per heavy atom. The number of ketones is 1. The van der Waals surface area contributed by atoms with E-state index >= 15 is 0 Å². The number of benzene rings is 1. The minimum Gasteiger partial charge on any atom is -0.301 e. The largest absolute Gasteiger partial charge is 0.301 e. The summed E-state index contributed by atoms with van der Waals surface area (Å²) in [5.41, 5.74) is 0.783. The molecule has 1 atom stereocenters. The Labute approximate surface area is 145 Å². The van der Waals surface area contributed by atoms with Crippen LogP contribution in [0.1, 0.15) is 30.1 Å². The molecule has 1 aliphatic heterocycles. The number of Topliss-reactive ketones (excluding diaryl/α,β-unsaturated/α-hetero) is 1. The molecule has 1 unspecified atom stereocenters. The first kappa shape index (κ1) is 16.8. The monoisotopic (exact) mass is 343 g/mol. The van der Waals surface area contributed by atoms with E-state index in [0.717, 1.165) is 31.5 Å². The summed E-state index contributed by atoms with van der Waals surface area (Å²) in [6.07, 6.45) is 3.26. The van der Waals surface area contributed by atoms with E-state index in [0.29, 0.717) is 5.13 Å². The summed E-state index contributed by atoms with van der Waals surface area (Å²) in [5, 5.41) is 5.30. The summed E-state index contributed by atoms with van der Waals surface area (Å²) >= 11 is 1.41. The van der Waals surface area contributed by atoms with E-state index in [4.69, 9.17) is 0 Å². The summed E-state index contributed by atoms with van der Waals surface area (Å²) in [6, 6.07) is 9.24. The Hall–Kier alpha value is -2.05. The zero-order valence-electron chi connectivity index (χ0n) is 13.6. The van der Waals surface area contributed by atoms with Gasteiger partial charge in [-0.1, -0.05) is 30.3 Å². The van der Waals surface area contributed by atoms with E-state index in [-0.39, 0.29) is 23.7 Å². The van der Waals surface area contributed by atoms with Crippen LogP contribution in [0.3, 0.4) is 0 Å². The third-order valence-corrected chi connectivity index (χ3v) is 5.24. The molecule has 2 heterocycles. The number of hydrogen-bond acceptors (Lipinski definition) is 5. The fourth-order valence-corrected chi connectivity index (χ4v) is 3.58. The number of nitrogens with one attached hydrogen (secondary N) is 1. The summed E-state index contributed by atoms with van der Waals surface area (Å²) in [7, 11) is 0. The molecule has 2 aromatic rings. The van der Waals surface area contributed by atoms with Gasteiger partial charge in [-0.25, -0.2) is 4.98 Å². The SMILES string of the molecule is CC(C(=O)Nc1nccs1)N1CCC(C(=O)c2ccccc2)CC1. The molecule has 1 amide bonds. The van der Waals surface area contributed by atoms with E-state index in [1.807, 2.05) is 42.6 Å². The Bertz CT molecular complexity index is 680. The zero-order chi connectivity index (χ0) is 16.9. The van der Waals surface area contributed by atoms with Gasteiger partial charge in [0.1, 0.15) is 0 Å².